The van der Waals surface area contributed by atoms with Crippen LogP contribution >= 0.6 is 11.6 Å². The van der Waals surface area contributed by atoms with Gasteiger partial charge in [-0.1, -0.05) is 18.5 Å². The summed E-state index contributed by atoms with van der Waals surface area (Å²) in [5.74, 6) is -0.347. The number of rotatable bonds is 3. The van der Waals surface area contributed by atoms with Gasteiger partial charge in [0.2, 0.25) is 0 Å². The first-order valence-corrected chi connectivity index (χ1v) is 6.28. The number of halogens is 4. The van der Waals surface area contributed by atoms with E-state index in [9.17, 15) is 18.0 Å². The van der Waals surface area contributed by atoms with E-state index in [0.717, 1.165) is 11.8 Å². The van der Waals surface area contributed by atoms with Gasteiger partial charge >= 0.3 is 6.18 Å². The maximum absolute atomic E-state index is 12.5. The summed E-state index contributed by atoms with van der Waals surface area (Å²) in [6, 6.07) is 3.29. The van der Waals surface area contributed by atoms with E-state index in [4.69, 9.17) is 11.6 Å². The van der Waals surface area contributed by atoms with Crippen molar-refractivity contribution in [3.8, 4) is 0 Å². The van der Waals surface area contributed by atoms with Crippen molar-refractivity contribution in [2.75, 3.05) is 5.32 Å². The Morgan fingerprint density at radius 1 is 1.43 bits per heavy atom. The normalized spacial score (nSPS) is 11.5. The molecule has 0 aliphatic carbocycles. The lowest BCUT2D eigenvalue weighted by atomic mass is 10.2. The zero-order valence-corrected chi connectivity index (χ0v) is 11.5. The summed E-state index contributed by atoms with van der Waals surface area (Å²) in [6.07, 6.45) is -3.94. The number of aryl methyl sites for hydroxylation is 1. The highest BCUT2D eigenvalue weighted by molar-refractivity contribution is 6.33. The van der Waals surface area contributed by atoms with Gasteiger partial charge in [0.25, 0.3) is 5.91 Å². The van der Waals surface area contributed by atoms with Gasteiger partial charge in [0.15, 0.2) is 0 Å². The van der Waals surface area contributed by atoms with Gasteiger partial charge in [0.1, 0.15) is 16.7 Å². The molecule has 0 aromatic carbocycles. The number of nitrogens with zero attached hydrogens (tertiary/aromatic N) is 2. The summed E-state index contributed by atoms with van der Waals surface area (Å²) in [7, 11) is 0. The maximum Gasteiger partial charge on any atom is 0.433 e. The molecule has 0 fully saturated rings. The fraction of sp³-hybridized carbons (Fsp3) is 0.250. The number of hydrogen-bond acceptors (Lipinski definition) is 3. The van der Waals surface area contributed by atoms with Crippen LogP contribution < -0.4 is 5.32 Å². The number of hydrogen-bond donors (Lipinski definition) is 2. The minimum atomic E-state index is -4.61. The molecule has 0 radical (unpaired) electrons. The second-order valence-corrected chi connectivity index (χ2v) is 4.47. The van der Waals surface area contributed by atoms with Gasteiger partial charge in [0, 0.05) is 6.07 Å². The lowest BCUT2D eigenvalue weighted by Gasteiger charge is -2.08. The van der Waals surface area contributed by atoms with Gasteiger partial charge in [-0.05, 0) is 18.6 Å². The van der Waals surface area contributed by atoms with Gasteiger partial charge in [-0.25, -0.2) is 4.98 Å². The maximum atomic E-state index is 12.5. The molecule has 0 saturated heterocycles. The van der Waals surface area contributed by atoms with Crippen LogP contribution in [0.3, 0.4) is 0 Å². The number of alkyl halides is 3. The third kappa shape index (κ3) is 3.52. The number of anilines is 1. The van der Waals surface area contributed by atoms with Crippen molar-refractivity contribution in [2.45, 2.75) is 19.5 Å². The lowest BCUT2D eigenvalue weighted by molar-refractivity contribution is -0.141. The van der Waals surface area contributed by atoms with E-state index in [-0.39, 0.29) is 5.56 Å². The van der Waals surface area contributed by atoms with Crippen LogP contribution in [0.1, 0.15) is 28.7 Å². The van der Waals surface area contributed by atoms with E-state index in [1.54, 1.807) is 6.07 Å². The highest BCUT2D eigenvalue weighted by Crippen LogP contribution is 2.29. The Kier molecular flexibility index (Phi) is 4.17. The van der Waals surface area contributed by atoms with E-state index >= 15 is 0 Å². The Morgan fingerprint density at radius 2 is 2.14 bits per heavy atom. The third-order valence-electron chi connectivity index (χ3n) is 2.63. The molecular formula is C12H10ClF3N4O. The van der Waals surface area contributed by atoms with Crippen molar-refractivity contribution < 1.29 is 18.0 Å². The molecule has 2 rings (SSSR count). The summed E-state index contributed by atoms with van der Waals surface area (Å²) in [5.41, 5.74) is -0.571. The molecule has 5 nitrogen and oxygen atoms in total. The number of aromatic amines is 1. The molecule has 0 aliphatic rings. The lowest BCUT2D eigenvalue weighted by Crippen LogP contribution is -2.15. The van der Waals surface area contributed by atoms with E-state index in [0.29, 0.717) is 18.3 Å². The predicted octanol–water partition coefficient (Wildman–Crippen LogP) is 3.29. The van der Waals surface area contributed by atoms with Crippen molar-refractivity contribution >= 4 is 23.3 Å². The molecule has 0 spiro atoms. The topological polar surface area (TPSA) is 70.7 Å². The summed E-state index contributed by atoms with van der Waals surface area (Å²) in [4.78, 5) is 15.1. The number of carbonyl (C=O) groups is 1. The van der Waals surface area contributed by atoms with Gasteiger partial charge in [-0.3, -0.25) is 9.89 Å². The quantitative estimate of drug-likeness (QED) is 0.853. The molecule has 2 heterocycles. The highest BCUT2D eigenvalue weighted by Gasteiger charge is 2.33. The zero-order valence-electron chi connectivity index (χ0n) is 10.8. The summed E-state index contributed by atoms with van der Waals surface area (Å²) < 4.78 is 37.4. The number of nitrogens with one attached hydrogen (secondary N) is 2. The summed E-state index contributed by atoms with van der Waals surface area (Å²) >= 11 is 5.63. The van der Waals surface area contributed by atoms with Gasteiger partial charge in [-0.2, -0.15) is 18.3 Å². The van der Waals surface area contributed by atoms with Crippen molar-refractivity contribution in [1.82, 2.24) is 15.2 Å². The number of amides is 1. The van der Waals surface area contributed by atoms with Crippen LogP contribution in [0.15, 0.2) is 18.2 Å². The molecule has 2 N–H and O–H groups in total. The zero-order chi connectivity index (χ0) is 15.6. The van der Waals surface area contributed by atoms with Crippen LogP contribution in [0.4, 0.5) is 19.0 Å². The summed E-state index contributed by atoms with van der Waals surface area (Å²) in [5, 5.41) is 8.43. The van der Waals surface area contributed by atoms with E-state index in [2.05, 4.69) is 20.5 Å². The minimum absolute atomic E-state index is 0.155. The number of pyridine rings is 1. The van der Waals surface area contributed by atoms with Crippen LogP contribution in [-0.2, 0) is 12.6 Å². The van der Waals surface area contributed by atoms with E-state index in [1.807, 2.05) is 6.92 Å². The first-order valence-electron chi connectivity index (χ1n) is 5.90. The molecule has 2 aromatic rings. The molecule has 0 aliphatic heterocycles. The first-order chi connectivity index (χ1) is 9.81. The Balaban J connectivity index is 2.19. The molecule has 0 atom stereocenters. The highest BCUT2D eigenvalue weighted by atomic mass is 35.5. The number of H-pyrrole nitrogens is 1. The fourth-order valence-electron chi connectivity index (χ4n) is 1.56. The van der Waals surface area contributed by atoms with E-state index in [1.165, 1.54) is 0 Å². The Hall–Kier alpha value is -2.09. The number of aromatic nitrogens is 3. The third-order valence-corrected chi connectivity index (χ3v) is 2.91. The summed E-state index contributed by atoms with van der Waals surface area (Å²) in [6.45, 7) is 1.89. The van der Waals surface area contributed by atoms with Crippen molar-refractivity contribution in [3.63, 3.8) is 0 Å². The van der Waals surface area contributed by atoms with Crippen LogP contribution in [-0.4, -0.2) is 21.1 Å². The molecule has 2 aromatic heterocycles. The Morgan fingerprint density at radius 3 is 2.67 bits per heavy atom. The smallest absolute Gasteiger partial charge is 0.307 e. The standard InChI is InChI=1S/C12H10ClF3N4O/c1-2-6-5-9(20-19-6)18-11(21)7-3-4-8(12(14,15)16)17-10(7)13/h3-5H,2H2,1H3,(H2,18,19,20,21). The van der Waals surface area contributed by atoms with Crippen LogP contribution in [0.2, 0.25) is 5.15 Å². The monoisotopic (exact) mass is 318 g/mol. The average Bonchev–Trinajstić information content (AvgIpc) is 2.85. The molecular weight excluding hydrogens is 309 g/mol. The molecule has 0 unspecified atom stereocenters. The van der Waals surface area contributed by atoms with Gasteiger partial charge in [-0.15, -0.1) is 0 Å². The van der Waals surface area contributed by atoms with Crippen LogP contribution in [0, 0.1) is 0 Å². The molecule has 0 saturated carbocycles. The molecule has 112 valence electrons. The minimum Gasteiger partial charge on any atom is -0.307 e. The van der Waals surface area contributed by atoms with Crippen molar-refractivity contribution in [1.29, 1.82) is 0 Å². The Bertz CT molecular complexity index is 669. The van der Waals surface area contributed by atoms with E-state index < -0.39 is 22.9 Å². The second kappa shape index (κ2) is 5.72. The van der Waals surface area contributed by atoms with Gasteiger partial charge < -0.3 is 5.32 Å². The van der Waals surface area contributed by atoms with Crippen LogP contribution in [0.5, 0.6) is 0 Å². The fourth-order valence-corrected chi connectivity index (χ4v) is 1.80. The molecule has 0 bridgehead atoms. The molecule has 9 heteroatoms. The van der Waals surface area contributed by atoms with Crippen molar-refractivity contribution in [3.05, 3.63) is 40.3 Å². The second-order valence-electron chi connectivity index (χ2n) is 4.11. The first kappa shape index (κ1) is 15.3. The molecule has 1 amide bonds. The predicted molar refractivity (Wildman–Crippen MR) is 70.2 cm³/mol. The SMILES string of the molecule is CCc1cc(NC(=O)c2ccc(C(F)(F)F)nc2Cl)[nH]n1. The largest absolute Gasteiger partial charge is 0.433 e. The van der Waals surface area contributed by atoms with Gasteiger partial charge in [0.05, 0.1) is 11.3 Å². The van der Waals surface area contributed by atoms with Crippen LogP contribution in [0.25, 0.3) is 0 Å². The van der Waals surface area contributed by atoms with Crippen molar-refractivity contribution in [2.24, 2.45) is 0 Å². The average molecular weight is 319 g/mol. The Labute approximate surface area is 122 Å². The number of carbonyl (C=O) groups excluding carboxylic acids is 1. The molecule has 21 heavy (non-hydrogen) atoms.